The first-order valence-corrected chi connectivity index (χ1v) is 21.8. The Balaban J connectivity index is 1.19. The number of hydrogen-bond donors (Lipinski definition) is 0. The van der Waals surface area contributed by atoms with Crippen molar-refractivity contribution in [2.45, 2.75) is 20.8 Å². The van der Waals surface area contributed by atoms with Crippen LogP contribution in [0.3, 0.4) is 0 Å². The Bertz CT molecular complexity index is 3900. The van der Waals surface area contributed by atoms with E-state index < -0.39 is 0 Å². The number of benzene rings is 8. The van der Waals surface area contributed by atoms with Gasteiger partial charge < -0.3 is 8.98 Å². The van der Waals surface area contributed by atoms with Crippen molar-refractivity contribution in [2.75, 3.05) is 0 Å². The quantitative estimate of drug-likeness (QED) is 0.161. The van der Waals surface area contributed by atoms with E-state index in [2.05, 4.69) is 206 Å². The lowest BCUT2D eigenvalue weighted by molar-refractivity contribution is 0.653. The summed E-state index contributed by atoms with van der Waals surface area (Å²) in [6, 6.07) is 60.3. The van der Waals surface area contributed by atoms with Gasteiger partial charge in [0.05, 0.1) is 27.6 Å². The van der Waals surface area contributed by atoms with E-state index >= 15 is 0 Å². The fourth-order valence-electron chi connectivity index (χ4n) is 10.1. The zero-order valence-electron chi connectivity index (χ0n) is 35.8. The molecule has 0 atom stereocenters. The average Bonchev–Trinajstić information content (AvgIpc) is 4.00. The Hall–Kier alpha value is -8.28. The second-order valence-electron chi connectivity index (χ2n) is 16.6. The van der Waals surface area contributed by atoms with Crippen molar-refractivity contribution < 1.29 is 4.42 Å². The van der Waals surface area contributed by atoms with Crippen LogP contribution in [0.5, 0.6) is 0 Å². The van der Waals surface area contributed by atoms with Gasteiger partial charge >= 0.3 is 0 Å². The van der Waals surface area contributed by atoms with Crippen LogP contribution in [0.25, 0.3) is 123 Å². The molecule has 0 radical (unpaired) electrons. The number of fused-ring (bicyclic) bond motifs is 9. The highest BCUT2D eigenvalue weighted by atomic mass is 16.3. The molecule has 0 spiro atoms. The standard InChI is InChI=1S/C59H42N4O/c1-5-19-49-42(6-2)45-33-32-40(35-51(45)62(49)41-24-18-23-39(34-41)38-21-8-7-9-22-38)57-60-58(55-48-29-15-17-31-52(48)64-59(55)61-57)63-50-30-16-14-28-47(50)54-53(43-25-11-10-20-36(43)3)37(4)44-26-12-13-27-46(44)56(54)63/h5-35H,2H2,1,3-4H3/b19-5-. The predicted octanol–water partition coefficient (Wildman–Crippen LogP) is 15.9. The third kappa shape index (κ3) is 5.57. The SMILES string of the molecule is C=Cc1c(/C=C\C)n(-c2cccc(-c3ccccc3)c2)c2cc(-c3nc(-n4c5ccccc5c5c(-c6ccccc6C)c(C)c6ccccc6c54)c4c(n3)oc3ccccc34)ccc12. The number of aryl methyl sites for hydroxylation is 2. The van der Waals surface area contributed by atoms with Gasteiger partial charge in [-0.05, 0) is 95.9 Å². The molecule has 0 aliphatic rings. The lowest BCUT2D eigenvalue weighted by atomic mass is 9.88. The second kappa shape index (κ2) is 14.7. The Morgan fingerprint density at radius 2 is 1.28 bits per heavy atom. The molecule has 5 nitrogen and oxygen atoms in total. The molecule has 0 amide bonds. The van der Waals surface area contributed by atoms with Gasteiger partial charge in [-0.2, -0.15) is 4.98 Å². The summed E-state index contributed by atoms with van der Waals surface area (Å²) in [5, 5.41) is 7.66. The van der Waals surface area contributed by atoms with Gasteiger partial charge in [-0.15, -0.1) is 0 Å². The summed E-state index contributed by atoms with van der Waals surface area (Å²) in [5.74, 6) is 1.34. The van der Waals surface area contributed by atoms with Crippen molar-refractivity contribution in [1.82, 2.24) is 19.1 Å². The number of hydrogen-bond acceptors (Lipinski definition) is 3. The van der Waals surface area contributed by atoms with Gasteiger partial charge in [0.25, 0.3) is 0 Å². The summed E-state index contributed by atoms with van der Waals surface area (Å²) in [6.45, 7) is 10.8. The van der Waals surface area contributed by atoms with Crippen molar-refractivity contribution >= 4 is 77.7 Å². The molecule has 8 aromatic carbocycles. The van der Waals surface area contributed by atoms with Gasteiger partial charge in [-0.25, -0.2) is 4.98 Å². The highest BCUT2D eigenvalue weighted by molar-refractivity contribution is 6.26. The van der Waals surface area contributed by atoms with Crippen LogP contribution in [0.4, 0.5) is 0 Å². The van der Waals surface area contributed by atoms with Crippen LogP contribution in [0, 0.1) is 13.8 Å². The molecule has 0 N–H and O–H groups in total. The smallest absolute Gasteiger partial charge is 0.233 e. The van der Waals surface area contributed by atoms with Crippen LogP contribution in [0.15, 0.2) is 187 Å². The summed E-state index contributed by atoms with van der Waals surface area (Å²) < 4.78 is 11.4. The summed E-state index contributed by atoms with van der Waals surface area (Å²) in [5.41, 5.74) is 15.8. The Morgan fingerprint density at radius 3 is 2.09 bits per heavy atom. The molecule has 4 aromatic heterocycles. The summed E-state index contributed by atoms with van der Waals surface area (Å²) >= 11 is 0. The second-order valence-corrected chi connectivity index (χ2v) is 16.6. The minimum Gasteiger partial charge on any atom is -0.437 e. The molecule has 12 rings (SSSR count). The van der Waals surface area contributed by atoms with E-state index in [-0.39, 0.29) is 0 Å². The van der Waals surface area contributed by atoms with Crippen molar-refractivity contribution in [2.24, 2.45) is 0 Å². The molecule has 0 saturated heterocycles. The molecule has 5 heteroatoms. The topological polar surface area (TPSA) is 48.8 Å². The molecular weight excluding hydrogens is 781 g/mol. The van der Waals surface area contributed by atoms with E-state index in [0.717, 1.165) is 88.5 Å². The van der Waals surface area contributed by atoms with Gasteiger partial charge in [0.1, 0.15) is 5.58 Å². The van der Waals surface area contributed by atoms with Gasteiger partial charge in [-0.3, -0.25) is 4.57 Å². The summed E-state index contributed by atoms with van der Waals surface area (Å²) in [6.07, 6.45) is 6.22. The van der Waals surface area contributed by atoms with E-state index in [4.69, 9.17) is 14.4 Å². The zero-order chi connectivity index (χ0) is 43.1. The monoisotopic (exact) mass is 822 g/mol. The largest absolute Gasteiger partial charge is 0.437 e. The van der Waals surface area contributed by atoms with E-state index in [1.165, 1.54) is 33.0 Å². The summed E-state index contributed by atoms with van der Waals surface area (Å²) in [4.78, 5) is 11.0. The highest BCUT2D eigenvalue weighted by Crippen LogP contribution is 2.47. The van der Waals surface area contributed by atoms with E-state index in [9.17, 15) is 0 Å². The first kappa shape index (κ1) is 37.5. The number of aromatic nitrogens is 4. The molecule has 0 unspecified atom stereocenters. The Labute approximate surface area is 370 Å². The Morgan fingerprint density at radius 1 is 0.562 bits per heavy atom. The van der Waals surface area contributed by atoms with Crippen molar-refractivity contribution in [3.8, 4) is 45.1 Å². The van der Waals surface area contributed by atoms with Crippen LogP contribution >= 0.6 is 0 Å². The minimum absolute atomic E-state index is 0.537. The lowest BCUT2D eigenvalue weighted by Gasteiger charge is -2.17. The van der Waals surface area contributed by atoms with E-state index in [1.807, 2.05) is 18.2 Å². The van der Waals surface area contributed by atoms with Gasteiger partial charge in [-0.1, -0.05) is 158 Å². The number of furan rings is 1. The normalized spacial score (nSPS) is 12.0. The fourth-order valence-corrected chi connectivity index (χ4v) is 10.1. The molecule has 12 aromatic rings. The van der Waals surface area contributed by atoms with Crippen molar-refractivity contribution in [3.63, 3.8) is 0 Å². The number of para-hydroxylation sites is 2. The van der Waals surface area contributed by atoms with E-state index in [0.29, 0.717) is 11.5 Å². The van der Waals surface area contributed by atoms with Crippen LogP contribution in [0.1, 0.15) is 29.3 Å². The molecule has 0 fully saturated rings. The molecule has 0 bridgehead atoms. The molecule has 0 saturated carbocycles. The first-order chi connectivity index (χ1) is 31.5. The summed E-state index contributed by atoms with van der Waals surface area (Å²) in [7, 11) is 0. The van der Waals surface area contributed by atoms with Gasteiger partial charge in [0.2, 0.25) is 5.71 Å². The number of allylic oxidation sites excluding steroid dienone is 1. The third-order valence-electron chi connectivity index (χ3n) is 13.0. The van der Waals surface area contributed by atoms with Gasteiger partial charge in [0.15, 0.2) is 11.6 Å². The Kier molecular flexibility index (Phi) is 8.60. The molecule has 0 aliphatic carbocycles. The van der Waals surface area contributed by atoms with Gasteiger partial charge in [0, 0.05) is 43.7 Å². The molecule has 64 heavy (non-hydrogen) atoms. The third-order valence-corrected chi connectivity index (χ3v) is 13.0. The number of rotatable bonds is 7. The van der Waals surface area contributed by atoms with Crippen LogP contribution < -0.4 is 0 Å². The van der Waals surface area contributed by atoms with Crippen LogP contribution in [-0.2, 0) is 0 Å². The fraction of sp³-hybridized carbons (Fsp3) is 0.0508. The molecule has 304 valence electrons. The number of nitrogens with zero attached hydrogens (tertiary/aromatic N) is 4. The minimum atomic E-state index is 0.537. The lowest BCUT2D eigenvalue weighted by Crippen LogP contribution is -2.03. The maximum Gasteiger partial charge on any atom is 0.233 e. The van der Waals surface area contributed by atoms with Crippen molar-refractivity contribution in [3.05, 3.63) is 205 Å². The van der Waals surface area contributed by atoms with Crippen LogP contribution in [0.2, 0.25) is 0 Å². The maximum absolute atomic E-state index is 6.71. The highest BCUT2D eigenvalue weighted by Gasteiger charge is 2.27. The van der Waals surface area contributed by atoms with Crippen LogP contribution in [-0.4, -0.2) is 19.1 Å². The predicted molar refractivity (Wildman–Crippen MR) is 269 cm³/mol. The molecule has 0 aliphatic heterocycles. The van der Waals surface area contributed by atoms with E-state index in [1.54, 1.807) is 0 Å². The molecular formula is C59H42N4O. The van der Waals surface area contributed by atoms with Crippen molar-refractivity contribution in [1.29, 1.82) is 0 Å². The first-order valence-electron chi connectivity index (χ1n) is 21.8. The molecule has 4 heterocycles. The average molecular weight is 823 g/mol. The zero-order valence-corrected chi connectivity index (χ0v) is 35.8. The maximum atomic E-state index is 6.71.